The summed E-state index contributed by atoms with van der Waals surface area (Å²) in [6.07, 6.45) is 5.15. The number of carbonyl (C=O) groups is 1. The molecule has 1 saturated heterocycles. The van der Waals surface area contributed by atoms with E-state index in [2.05, 4.69) is 6.92 Å². The first-order valence-corrected chi connectivity index (χ1v) is 4.47. The molecule has 0 bridgehead atoms. The number of hydrogen-bond acceptors (Lipinski definition) is 2. The smallest absolute Gasteiger partial charge is 0.145 e. The van der Waals surface area contributed by atoms with Crippen molar-refractivity contribution >= 4 is 6.29 Å². The molecule has 2 nitrogen and oxygen atoms in total. The van der Waals surface area contributed by atoms with E-state index >= 15 is 0 Å². The molecule has 2 heteroatoms. The van der Waals surface area contributed by atoms with Gasteiger partial charge in [-0.2, -0.15) is 0 Å². The summed E-state index contributed by atoms with van der Waals surface area (Å²) in [5.41, 5.74) is 0.772. The van der Waals surface area contributed by atoms with Crippen molar-refractivity contribution in [2.24, 2.45) is 5.92 Å². The fourth-order valence-electron chi connectivity index (χ4n) is 1.45. The summed E-state index contributed by atoms with van der Waals surface area (Å²) in [6.45, 7) is 4.86. The lowest BCUT2D eigenvalue weighted by Gasteiger charge is -2.25. The van der Waals surface area contributed by atoms with Crippen molar-refractivity contribution < 1.29 is 9.53 Å². The average molecular weight is 168 g/mol. The molecule has 0 spiro atoms. The van der Waals surface area contributed by atoms with Crippen LogP contribution in [0.2, 0.25) is 0 Å². The Morgan fingerprint density at radius 2 is 2.33 bits per heavy atom. The van der Waals surface area contributed by atoms with E-state index in [-0.39, 0.29) is 6.10 Å². The summed E-state index contributed by atoms with van der Waals surface area (Å²) >= 11 is 0. The van der Waals surface area contributed by atoms with Crippen molar-refractivity contribution in [2.75, 3.05) is 6.61 Å². The lowest BCUT2D eigenvalue weighted by molar-refractivity contribution is -0.105. The number of rotatable bonds is 2. The van der Waals surface area contributed by atoms with Crippen LogP contribution in [0.3, 0.4) is 0 Å². The SMILES string of the molecule is C/C(C=O)=C\C1CC(C)CCO1. The molecule has 1 rings (SSSR count). The topological polar surface area (TPSA) is 26.3 Å². The van der Waals surface area contributed by atoms with Gasteiger partial charge in [0.1, 0.15) is 6.29 Å². The minimum atomic E-state index is 0.166. The van der Waals surface area contributed by atoms with Crippen molar-refractivity contribution in [1.29, 1.82) is 0 Å². The molecular weight excluding hydrogens is 152 g/mol. The van der Waals surface area contributed by atoms with E-state index in [1.165, 1.54) is 0 Å². The monoisotopic (exact) mass is 168 g/mol. The first-order valence-electron chi connectivity index (χ1n) is 4.47. The Bertz CT molecular complexity index is 184. The first-order chi connectivity index (χ1) is 5.72. The van der Waals surface area contributed by atoms with Crippen molar-refractivity contribution in [2.45, 2.75) is 32.8 Å². The summed E-state index contributed by atoms with van der Waals surface area (Å²) in [6, 6.07) is 0. The molecule has 0 aromatic rings. The molecule has 1 aliphatic rings. The highest BCUT2D eigenvalue weighted by Crippen LogP contribution is 2.20. The second-order valence-corrected chi connectivity index (χ2v) is 3.57. The zero-order chi connectivity index (χ0) is 8.97. The molecule has 0 aromatic heterocycles. The lowest BCUT2D eigenvalue weighted by Crippen LogP contribution is -2.22. The Kier molecular flexibility index (Phi) is 3.48. The average Bonchev–Trinajstić information content (AvgIpc) is 2.04. The molecule has 0 saturated carbocycles. The minimum absolute atomic E-state index is 0.166. The molecule has 0 aromatic carbocycles. The van der Waals surface area contributed by atoms with Gasteiger partial charge < -0.3 is 4.74 Å². The largest absolute Gasteiger partial charge is 0.374 e. The third-order valence-electron chi connectivity index (χ3n) is 2.21. The molecule has 1 aliphatic heterocycles. The summed E-state index contributed by atoms with van der Waals surface area (Å²) < 4.78 is 5.49. The van der Waals surface area contributed by atoms with E-state index in [1.807, 2.05) is 13.0 Å². The predicted octanol–water partition coefficient (Wildman–Crippen LogP) is 1.95. The zero-order valence-electron chi connectivity index (χ0n) is 7.75. The molecule has 1 fully saturated rings. The molecule has 68 valence electrons. The summed E-state index contributed by atoms with van der Waals surface area (Å²) in [5, 5.41) is 0. The first kappa shape index (κ1) is 9.46. The van der Waals surface area contributed by atoms with Crippen LogP contribution >= 0.6 is 0 Å². The van der Waals surface area contributed by atoms with E-state index < -0.39 is 0 Å². The quantitative estimate of drug-likeness (QED) is 0.465. The highest BCUT2D eigenvalue weighted by atomic mass is 16.5. The second-order valence-electron chi connectivity index (χ2n) is 3.57. The van der Waals surface area contributed by atoms with E-state index in [0.717, 1.165) is 37.2 Å². The van der Waals surface area contributed by atoms with Crippen LogP contribution in [0.1, 0.15) is 26.7 Å². The number of allylic oxidation sites excluding steroid dienone is 1. The van der Waals surface area contributed by atoms with E-state index in [4.69, 9.17) is 4.74 Å². The molecule has 0 N–H and O–H groups in total. The van der Waals surface area contributed by atoms with E-state index in [0.29, 0.717) is 0 Å². The van der Waals surface area contributed by atoms with Crippen LogP contribution in [-0.4, -0.2) is 19.0 Å². The highest BCUT2D eigenvalue weighted by molar-refractivity contribution is 5.72. The third-order valence-corrected chi connectivity index (χ3v) is 2.21. The summed E-state index contributed by atoms with van der Waals surface area (Å²) in [4.78, 5) is 10.3. The van der Waals surface area contributed by atoms with E-state index in [1.54, 1.807) is 0 Å². The van der Waals surface area contributed by atoms with Gasteiger partial charge in [-0.1, -0.05) is 6.92 Å². The van der Waals surface area contributed by atoms with Gasteiger partial charge in [-0.15, -0.1) is 0 Å². The number of carbonyl (C=O) groups excluding carboxylic acids is 1. The van der Waals surface area contributed by atoms with Crippen LogP contribution < -0.4 is 0 Å². The van der Waals surface area contributed by atoms with Gasteiger partial charge in [0.2, 0.25) is 0 Å². The van der Waals surface area contributed by atoms with Gasteiger partial charge in [-0.05, 0) is 37.3 Å². The molecule has 2 unspecified atom stereocenters. The maximum absolute atomic E-state index is 10.3. The molecule has 0 amide bonds. The fraction of sp³-hybridized carbons (Fsp3) is 0.700. The molecule has 1 heterocycles. The van der Waals surface area contributed by atoms with Gasteiger partial charge in [0.05, 0.1) is 6.10 Å². The normalized spacial score (nSPS) is 31.7. The molecule has 2 atom stereocenters. The van der Waals surface area contributed by atoms with Gasteiger partial charge in [-0.3, -0.25) is 4.79 Å². The Morgan fingerprint density at radius 1 is 1.58 bits per heavy atom. The van der Waals surface area contributed by atoms with Gasteiger partial charge in [0.25, 0.3) is 0 Å². The molecule has 0 aliphatic carbocycles. The number of aldehydes is 1. The Morgan fingerprint density at radius 3 is 2.92 bits per heavy atom. The standard InChI is InChI=1S/C10H16O2/c1-8-3-4-12-10(5-8)6-9(2)7-11/h6-8,10H,3-5H2,1-2H3/b9-6+. The van der Waals surface area contributed by atoms with E-state index in [9.17, 15) is 4.79 Å². The third kappa shape index (κ3) is 2.78. The van der Waals surface area contributed by atoms with Gasteiger partial charge in [-0.25, -0.2) is 0 Å². The summed E-state index contributed by atoms with van der Waals surface area (Å²) in [5.74, 6) is 0.722. The maximum atomic E-state index is 10.3. The second kappa shape index (κ2) is 4.41. The highest BCUT2D eigenvalue weighted by Gasteiger charge is 2.17. The van der Waals surface area contributed by atoms with Crippen molar-refractivity contribution in [3.05, 3.63) is 11.6 Å². The molecule has 12 heavy (non-hydrogen) atoms. The Hall–Kier alpha value is -0.630. The number of hydrogen-bond donors (Lipinski definition) is 0. The Labute approximate surface area is 73.6 Å². The van der Waals surface area contributed by atoms with Gasteiger partial charge in [0.15, 0.2) is 0 Å². The van der Waals surface area contributed by atoms with Crippen LogP contribution in [0, 0.1) is 5.92 Å². The zero-order valence-corrected chi connectivity index (χ0v) is 7.75. The Balaban J connectivity index is 2.46. The van der Waals surface area contributed by atoms with Crippen LogP contribution in [0.5, 0.6) is 0 Å². The number of ether oxygens (including phenoxy) is 1. The lowest BCUT2D eigenvalue weighted by atomic mass is 9.97. The van der Waals surface area contributed by atoms with Crippen LogP contribution in [-0.2, 0) is 9.53 Å². The van der Waals surface area contributed by atoms with Crippen LogP contribution in [0.25, 0.3) is 0 Å². The maximum Gasteiger partial charge on any atom is 0.145 e. The van der Waals surface area contributed by atoms with Crippen LogP contribution in [0.15, 0.2) is 11.6 Å². The van der Waals surface area contributed by atoms with Crippen molar-refractivity contribution in [3.63, 3.8) is 0 Å². The van der Waals surface area contributed by atoms with Gasteiger partial charge >= 0.3 is 0 Å². The minimum Gasteiger partial charge on any atom is -0.374 e. The van der Waals surface area contributed by atoms with Gasteiger partial charge in [0, 0.05) is 6.61 Å². The summed E-state index contributed by atoms with van der Waals surface area (Å²) in [7, 11) is 0. The van der Waals surface area contributed by atoms with Crippen molar-refractivity contribution in [3.8, 4) is 0 Å². The fourth-order valence-corrected chi connectivity index (χ4v) is 1.45. The molecule has 0 radical (unpaired) electrons. The predicted molar refractivity (Wildman–Crippen MR) is 48.0 cm³/mol. The molecular formula is C10H16O2. The van der Waals surface area contributed by atoms with Crippen molar-refractivity contribution in [1.82, 2.24) is 0 Å². The van der Waals surface area contributed by atoms with Crippen LogP contribution in [0.4, 0.5) is 0 Å².